The molecule has 0 fully saturated rings. The summed E-state index contributed by atoms with van der Waals surface area (Å²) in [5, 5.41) is 17.6. The molecule has 0 spiro atoms. The van der Waals surface area contributed by atoms with Gasteiger partial charge in [0.15, 0.2) is 5.11 Å². The van der Waals surface area contributed by atoms with Crippen molar-refractivity contribution in [1.82, 2.24) is 10.2 Å². The van der Waals surface area contributed by atoms with E-state index in [4.69, 9.17) is 12.2 Å². The summed E-state index contributed by atoms with van der Waals surface area (Å²) in [6.45, 7) is 1.80. The topological polar surface area (TPSA) is 87.5 Å². The molecule has 0 aliphatic carbocycles. The molecule has 138 valence electrons. The summed E-state index contributed by atoms with van der Waals surface area (Å²) in [6, 6.07) is 14.7. The Balaban J connectivity index is 2.03. The second kappa shape index (κ2) is 7.55. The number of allylic oxidation sites excluding steroid dienone is 1. The van der Waals surface area contributed by atoms with Crippen molar-refractivity contribution in [2.24, 2.45) is 0 Å². The lowest BCUT2D eigenvalue weighted by molar-refractivity contribution is -0.384. The lowest BCUT2D eigenvalue weighted by Gasteiger charge is -2.35. The zero-order valence-corrected chi connectivity index (χ0v) is 15.6. The molecule has 0 radical (unpaired) electrons. The number of nitro groups is 1. The molecule has 1 aliphatic rings. The Labute approximate surface area is 161 Å². The minimum Gasteiger partial charge on any atom is -0.351 e. The molecule has 0 saturated carbocycles. The zero-order chi connectivity index (χ0) is 19.6. The molecule has 8 heteroatoms. The summed E-state index contributed by atoms with van der Waals surface area (Å²) in [5.74, 6) is -0.294. The molecule has 2 aromatic carbocycles. The van der Waals surface area contributed by atoms with Crippen LogP contribution in [0, 0.1) is 10.1 Å². The van der Waals surface area contributed by atoms with Crippen LogP contribution in [0.4, 0.5) is 11.4 Å². The van der Waals surface area contributed by atoms with E-state index < -0.39 is 11.0 Å². The summed E-state index contributed by atoms with van der Waals surface area (Å²) in [6.07, 6.45) is 0. The molecule has 27 heavy (non-hydrogen) atoms. The molecule has 1 atom stereocenters. The van der Waals surface area contributed by atoms with E-state index in [1.165, 1.54) is 12.1 Å². The predicted molar refractivity (Wildman–Crippen MR) is 107 cm³/mol. The third-order valence-electron chi connectivity index (χ3n) is 4.44. The van der Waals surface area contributed by atoms with Crippen molar-refractivity contribution in [3.05, 3.63) is 81.5 Å². The second-order valence-electron chi connectivity index (χ2n) is 6.11. The van der Waals surface area contributed by atoms with Crippen LogP contribution in [-0.2, 0) is 4.79 Å². The molecule has 0 bridgehead atoms. The quantitative estimate of drug-likeness (QED) is 0.479. The third-order valence-corrected chi connectivity index (χ3v) is 4.84. The zero-order valence-electron chi connectivity index (χ0n) is 14.8. The molecule has 3 rings (SSSR count). The van der Waals surface area contributed by atoms with Gasteiger partial charge in [-0.3, -0.25) is 14.9 Å². The van der Waals surface area contributed by atoms with Crippen LogP contribution < -0.4 is 10.6 Å². The van der Waals surface area contributed by atoms with Gasteiger partial charge in [0.25, 0.3) is 11.6 Å². The molecule has 1 amide bonds. The molecule has 1 unspecified atom stereocenters. The Bertz CT molecular complexity index is 943. The van der Waals surface area contributed by atoms with E-state index in [1.54, 1.807) is 43.1 Å². The van der Waals surface area contributed by atoms with E-state index in [9.17, 15) is 14.9 Å². The number of nitrogens with one attached hydrogen (secondary N) is 2. The van der Waals surface area contributed by atoms with Gasteiger partial charge in [-0.2, -0.15) is 0 Å². The standard InChI is InChI=1S/C19H18N4O3S/c1-12-16(18(24)20-14-8-4-3-5-9-14)17(21-19(27)22(12)2)13-7-6-10-15(11-13)23(25)26/h3-11,17H,1-2H3,(H,20,24)(H,21,27). The normalized spacial score (nSPS) is 16.7. The second-order valence-corrected chi connectivity index (χ2v) is 6.50. The Hall–Kier alpha value is -3.26. The average Bonchev–Trinajstić information content (AvgIpc) is 2.66. The predicted octanol–water partition coefficient (Wildman–Crippen LogP) is 3.37. The fourth-order valence-corrected chi connectivity index (χ4v) is 3.17. The summed E-state index contributed by atoms with van der Waals surface area (Å²) in [7, 11) is 1.77. The molecule has 2 aromatic rings. The number of hydrogen-bond acceptors (Lipinski definition) is 4. The van der Waals surface area contributed by atoms with Crippen molar-refractivity contribution in [3.63, 3.8) is 0 Å². The highest BCUT2D eigenvalue weighted by Gasteiger charge is 2.33. The van der Waals surface area contributed by atoms with Gasteiger partial charge in [-0.15, -0.1) is 0 Å². The van der Waals surface area contributed by atoms with Crippen LogP contribution in [0.1, 0.15) is 18.5 Å². The maximum Gasteiger partial charge on any atom is 0.269 e. The third kappa shape index (κ3) is 3.80. The number of hydrogen-bond donors (Lipinski definition) is 2. The number of benzene rings is 2. The van der Waals surface area contributed by atoms with Crippen molar-refractivity contribution >= 4 is 34.6 Å². The van der Waals surface area contributed by atoms with Gasteiger partial charge >= 0.3 is 0 Å². The molecule has 7 nitrogen and oxygen atoms in total. The number of nitrogens with zero attached hydrogens (tertiary/aromatic N) is 2. The Morgan fingerprint density at radius 2 is 1.93 bits per heavy atom. The van der Waals surface area contributed by atoms with Crippen LogP contribution in [0.15, 0.2) is 65.9 Å². The van der Waals surface area contributed by atoms with E-state index in [-0.39, 0.29) is 11.6 Å². The minimum absolute atomic E-state index is 0.0420. The summed E-state index contributed by atoms with van der Waals surface area (Å²) in [5.41, 5.74) is 2.35. The first-order valence-corrected chi connectivity index (χ1v) is 8.65. The number of carbonyl (C=O) groups excluding carboxylic acids is 1. The largest absolute Gasteiger partial charge is 0.351 e. The highest BCUT2D eigenvalue weighted by atomic mass is 32.1. The van der Waals surface area contributed by atoms with Gasteiger partial charge in [-0.25, -0.2) is 0 Å². The first kappa shape index (κ1) is 18.5. The number of carbonyl (C=O) groups is 1. The lowest BCUT2D eigenvalue weighted by atomic mass is 9.94. The maximum absolute atomic E-state index is 13.0. The van der Waals surface area contributed by atoms with Crippen molar-refractivity contribution in [3.8, 4) is 0 Å². The fraction of sp³-hybridized carbons (Fsp3) is 0.158. The molecule has 2 N–H and O–H groups in total. The number of anilines is 1. The number of thiocarbonyl (C=S) groups is 1. The first-order chi connectivity index (χ1) is 12.9. The molecular formula is C19H18N4O3S. The highest BCUT2D eigenvalue weighted by Crippen LogP contribution is 2.32. The van der Waals surface area contributed by atoms with Crippen molar-refractivity contribution in [2.45, 2.75) is 13.0 Å². The highest BCUT2D eigenvalue weighted by molar-refractivity contribution is 7.80. The Morgan fingerprint density at radius 3 is 2.59 bits per heavy atom. The molecule has 1 aliphatic heterocycles. The number of non-ortho nitro benzene ring substituents is 1. The van der Waals surface area contributed by atoms with Gasteiger partial charge in [-0.1, -0.05) is 30.3 Å². The monoisotopic (exact) mass is 382 g/mol. The number of rotatable bonds is 4. The van der Waals surface area contributed by atoms with Crippen LogP contribution >= 0.6 is 12.2 Å². The van der Waals surface area contributed by atoms with Gasteiger partial charge in [0.05, 0.1) is 16.5 Å². The van der Waals surface area contributed by atoms with E-state index in [1.807, 2.05) is 18.2 Å². The smallest absolute Gasteiger partial charge is 0.269 e. The van der Waals surface area contributed by atoms with Crippen molar-refractivity contribution < 1.29 is 9.72 Å². The van der Waals surface area contributed by atoms with Crippen molar-refractivity contribution in [1.29, 1.82) is 0 Å². The minimum atomic E-state index is -0.586. The molecular weight excluding hydrogens is 364 g/mol. The van der Waals surface area contributed by atoms with Gasteiger partial charge in [0, 0.05) is 30.6 Å². The van der Waals surface area contributed by atoms with E-state index in [2.05, 4.69) is 10.6 Å². The number of amides is 1. The summed E-state index contributed by atoms with van der Waals surface area (Å²) >= 11 is 5.35. The summed E-state index contributed by atoms with van der Waals surface area (Å²) < 4.78 is 0. The maximum atomic E-state index is 13.0. The van der Waals surface area contributed by atoms with Gasteiger partial charge < -0.3 is 15.5 Å². The van der Waals surface area contributed by atoms with Crippen molar-refractivity contribution in [2.75, 3.05) is 12.4 Å². The lowest BCUT2D eigenvalue weighted by Crippen LogP contribution is -2.46. The van der Waals surface area contributed by atoms with Crippen LogP contribution in [-0.4, -0.2) is 27.9 Å². The van der Waals surface area contributed by atoms with Gasteiger partial charge in [-0.05, 0) is 36.8 Å². The SMILES string of the molecule is CC1=C(C(=O)Nc2ccccc2)C(c2cccc([N+](=O)[O-])c2)NC(=S)N1C. The number of nitro benzene ring substituents is 1. The Kier molecular flexibility index (Phi) is 5.18. The van der Waals surface area contributed by atoms with Crippen LogP contribution in [0.25, 0.3) is 0 Å². The van der Waals surface area contributed by atoms with Crippen LogP contribution in [0.5, 0.6) is 0 Å². The summed E-state index contributed by atoms with van der Waals surface area (Å²) in [4.78, 5) is 25.4. The molecule has 1 heterocycles. The van der Waals surface area contributed by atoms with Crippen LogP contribution in [0.2, 0.25) is 0 Å². The van der Waals surface area contributed by atoms with E-state index in [0.717, 1.165) is 0 Å². The van der Waals surface area contributed by atoms with Crippen LogP contribution in [0.3, 0.4) is 0 Å². The van der Waals surface area contributed by atoms with E-state index in [0.29, 0.717) is 27.6 Å². The molecule has 0 saturated heterocycles. The first-order valence-electron chi connectivity index (χ1n) is 8.24. The van der Waals surface area contributed by atoms with Gasteiger partial charge in [0.2, 0.25) is 0 Å². The fourth-order valence-electron chi connectivity index (χ4n) is 2.92. The Morgan fingerprint density at radius 1 is 1.22 bits per heavy atom. The molecule has 0 aromatic heterocycles. The van der Waals surface area contributed by atoms with Gasteiger partial charge in [0.1, 0.15) is 0 Å². The number of para-hydroxylation sites is 1. The average molecular weight is 382 g/mol. The van der Waals surface area contributed by atoms with E-state index >= 15 is 0 Å².